The number of ether oxygens (including phenoxy) is 1. The predicted octanol–water partition coefficient (Wildman–Crippen LogP) is 4.35. The van der Waals surface area contributed by atoms with Gasteiger partial charge in [-0.25, -0.2) is 4.98 Å². The maximum absolute atomic E-state index is 14.5. The second-order valence-corrected chi connectivity index (χ2v) is 16.4. The summed E-state index contributed by atoms with van der Waals surface area (Å²) in [5, 5.41) is 9.69. The number of piperidine rings is 1. The Balaban J connectivity index is 1.34. The van der Waals surface area contributed by atoms with Crippen LogP contribution in [0.1, 0.15) is 75.3 Å². The molecule has 0 radical (unpaired) electrons. The molecule has 5 N–H and O–H groups in total. The lowest BCUT2D eigenvalue weighted by atomic mass is 9.72. The van der Waals surface area contributed by atoms with Gasteiger partial charge in [0.25, 0.3) is 5.91 Å². The maximum Gasteiger partial charge on any atom is 0.317 e. The largest absolute Gasteiger partial charge is 0.425 e. The SMILES string of the molecule is CC(C)(C)NC(=O)[C@@H]1C[C@@H]2CCCC[C@@H]2CN1C[C@@H](C(=O)Oc1cccnc1)[C@H](Cc1ccccc1)NC(=O)[C@H](CC(N)=O)NC(=O)c1ccc2ccccc2n1. The van der Waals surface area contributed by atoms with E-state index in [0.29, 0.717) is 30.3 Å². The van der Waals surface area contributed by atoms with E-state index in [1.807, 2.05) is 63.2 Å². The fourth-order valence-corrected chi connectivity index (χ4v) is 8.13. The van der Waals surface area contributed by atoms with E-state index < -0.39 is 59.7 Å². The van der Waals surface area contributed by atoms with Crippen molar-refractivity contribution in [2.24, 2.45) is 23.5 Å². The molecular formula is C44H53N7O6. The number of primary amides is 1. The zero-order valence-corrected chi connectivity index (χ0v) is 32.9. The van der Waals surface area contributed by atoms with Gasteiger partial charge in [-0.05, 0) is 81.7 Å². The zero-order valence-electron chi connectivity index (χ0n) is 32.9. The molecule has 3 heterocycles. The normalized spacial score (nSPS) is 19.9. The van der Waals surface area contributed by atoms with Gasteiger partial charge in [-0.15, -0.1) is 0 Å². The number of amides is 4. The number of aromatic nitrogens is 2. The highest BCUT2D eigenvalue weighted by Crippen LogP contribution is 2.39. The summed E-state index contributed by atoms with van der Waals surface area (Å²) in [6.07, 6.45) is 7.67. The number of para-hydroxylation sites is 1. The van der Waals surface area contributed by atoms with Gasteiger partial charge >= 0.3 is 5.97 Å². The van der Waals surface area contributed by atoms with Crippen LogP contribution in [0.2, 0.25) is 0 Å². The van der Waals surface area contributed by atoms with Crippen molar-refractivity contribution in [3.05, 3.63) is 103 Å². The van der Waals surface area contributed by atoms with E-state index in [1.54, 1.807) is 42.6 Å². The van der Waals surface area contributed by atoms with Crippen molar-refractivity contribution in [2.45, 2.75) is 89.4 Å². The Kier molecular flexibility index (Phi) is 13.3. The van der Waals surface area contributed by atoms with Crippen LogP contribution in [-0.2, 0) is 25.6 Å². The number of pyridine rings is 2. The van der Waals surface area contributed by atoms with Gasteiger partial charge in [0.15, 0.2) is 0 Å². The minimum absolute atomic E-state index is 0.0559. The van der Waals surface area contributed by atoms with E-state index >= 15 is 0 Å². The molecule has 1 saturated heterocycles. The molecule has 2 aromatic carbocycles. The highest BCUT2D eigenvalue weighted by molar-refractivity contribution is 5.99. The first kappa shape index (κ1) is 41.0. The number of carbonyl (C=O) groups is 5. The lowest BCUT2D eigenvalue weighted by Crippen LogP contribution is -2.61. The molecule has 0 spiro atoms. The number of benzene rings is 2. The predicted molar refractivity (Wildman–Crippen MR) is 216 cm³/mol. The lowest BCUT2D eigenvalue weighted by Gasteiger charge is -2.47. The van der Waals surface area contributed by atoms with Crippen LogP contribution >= 0.6 is 0 Å². The van der Waals surface area contributed by atoms with Gasteiger partial charge in [0.05, 0.1) is 30.1 Å². The number of nitrogens with two attached hydrogens (primary N) is 1. The molecule has 6 atom stereocenters. The van der Waals surface area contributed by atoms with Crippen molar-refractivity contribution in [2.75, 3.05) is 13.1 Å². The van der Waals surface area contributed by atoms with E-state index in [2.05, 4.69) is 30.8 Å². The minimum atomic E-state index is -1.39. The average molecular weight is 776 g/mol. The monoisotopic (exact) mass is 775 g/mol. The summed E-state index contributed by atoms with van der Waals surface area (Å²) in [5.41, 5.74) is 6.62. The highest BCUT2D eigenvalue weighted by Gasteiger charge is 2.44. The van der Waals surface area contributed by atoms with Gasteiger partial charge in [-0.2, -0.15) is 0 Å². The average Bonchev–Trinajstić information content (AvgIpc) is 3.18. The Bertz CT molecular complexity index is 2040. The van der Waals surface area contributed by atoms with Crippen LogP contribution < -0.4 is 26.4 Å². The fourth-order valence-electron chi connectivity index (χ4n) is 8.13. The number of fused-ring (bicyclic) bond motifs is 2. The van der Waals surface area contributed by atoms with Gasteiger partial charge in [0, 0.05) is 36.3 Å². The Morgan fingerprint density at radius 3 is 2.35 bits per heavy atom. The lowest BCUT2D eigenvalue weighted by molar-refractivity contribution is -0.144. The van der Waals surface area contributed by atoms with E-state index in [1.165, 1.54) is 6.20 Å². The molecule has 1 aliphatic heterocycles. The first-order chi connectivity index (χ1) is 27.3. The molecule has 300 valence electrons. The van der Waals surface area contributed by atoms with E-state index in [0.717, 1.165) is 36.6 Å². The Hall–Kier alpha value is -5.69. The van der Waals surface area contributed by atoms with E-state index in [9.17, 15) is 24.0 Å². The molecular weight excluding hydrogens is 723 g/mol. The number of carbonyl (C=O) groups excluding carboxylic acids is 5. The van der Waals surface area contributed by atoms with Gasteiger partial charge in [0.2, 0.25) is 17.7 Å². The van der Waals surface area contributed by atoms with Crippen LogP contribution in [0.25, 0.3) is 10.9 Å². The quantitative estimate of drug-likeness (QED) is 0.135. The Morgan fingerprint density at radius 2 is 1.63 bits per heavy atom. The molecule has 57 heavy (non-hydrogen) atoms. The Morgan fingerprint density at radius 1 is 0.895 bits per heavy atom. The van der Waals surface area contributed by atoms with Gasteiger partial charge in [0.1, 0.15) is 17.5 Å². The van der Waals surface area contributed by atoms with Crippen LogP contribution in [0, 0.1) is 17.8 Å². The topological polar surface area (TPSA) is 186 Å². The summed E-state index contributed by atoms with van der Waals surface area (Å²) in [6.45, 7) is 6.53. The minimum Gasteiger partial charge on any atom is -0.425 e. The molecule has 2 fully saturated rings. The molecule has 6 rings (SSSR count). The van der Waals surface area contributed by atoms with Crippen molar-refractivity contribution in [1.29, 1.82) is 0 Å². The van der Waals surface area contributed by atoms with Crippen LogP contribution in [0.15, 0.2) is 91.3 Å². The van der Waals surface area contributed by atoms with Crippen molar-refractivity contribution >= 4 is 40.5 Å². The summed E-state index contributed by atoms with van der Waals surface area (Å²) in [7, 11) is 0. The maximum atomic E-state index is 14.5. The van der Waals surface area contributed by atoms with Gasteiger partial charge in [-0.1, -0.05) is 73.9 Å². The van der Waals surface area contributed by atoms with Gasteiger partial charge in [-0.3, -0.25) is 33.9 Å². The highest BCUT2D eigenvalue weighted by atomic mass is 16.5. The summed E-state index contributed by atoms with van der Waals surface area (Å²) >= 11 is 0. The molecule has 1 saturated carbocycles. The Labute approximate surface area is 333 Å². The summed E-state index contributed by atoms with van der Waals surface area (Å²) in [6, 6.07) is 20.5. The first-order valence-electron chi connectivity index (χ1n) is 19.8. The smallest absolute Gasteiger partial charge is 0.317 e. The van der Waals surface area contributed by atoms with Gasteiger partial charge < -0.3 is 26.4 Å². The van der Waals surface area contributed by atoms with Crippen LogP contribution in [0.3, 0.4) is 0 Å². The second-order valence-electron chi connectivity index (χ2n) is 16.4. The molecule has 1 aliphatic carbocycles. The van der Waals surface area contributed by atoms with E-state index in [4.69, 9.17) is 10.5 Å². The summed E-state index contributed by atoms with van der Waals surface area (Å²) in [5.74, 6) is -2.96. The van der Waals surface area contributed by atoms with Crippen molar-refractivity contribution in [1.82, 2.24) is 30.8 Å². The summed E-state index contributed by atoms with van der Waals surface area (Å²) < 4.78 is 5.95. The molecule has 4 aromatic rings. The van der Waals surface area contributed by atoms with Crippen molar-refractivity contribution < 1.29 is 28.7 Å². The summed E-state index contributed by atoms with van der Waals surface area (Å²) in [4.78, 5) is 79.5. The molecule has 0 bridgehead atoms. The van der Waals surface area contributed by atoms with Crippen molar-refractivity contribution in [3.63, 3.8) is 0 Å². The zero-order chi connectivity index (χ0) is 40.5. The number of rotatable bonds is 14. The molecule has 0 unspecified atom stereocenters. The molecule has 13 heteroatoms. The van der Waals surface area contributed by atoms with E-state index in [-0.39, 0.29) is 30.3 Å². The third-order valence-electron chi connectivity index (χ3n) is 10.9. The number of nitrogens with one attached hydrogen (secondary N) is 3. The third-order valence-corrected chi connectivity index (χ3v) is 10.9. The molecule has 4 amide bonds. The number of esters is 1. The fraction of sp³-hybridized carbons (Fsp3) is 0.432. The number of hydrogen-bond acceptors (Lipinski definition) is 9. The van der Waals surface area contributed by atoms with Crippen molar-refractivity contribution in [3.8, 4) is 5.75 Å². The van der Waals surface area contributed by atoms with Crippen LogP contribution in [0.4, 0.5) is 0 Å². The third kappa shape index (κ3) is 11.2. The number of hydrogen-bond donors (Lipinski definition) is 4. The molecule has 2 aliphatic rings. The molecule has 13 nitrogen and oxygen atoms in total. The first-order valence-corrected chi connectivity index (χ1v) is 19.8. The van der Waals surface area contributed by atoms with Crippen LogP contribution in [-0.4, -0.2) is 81.2 Å². The number of nitrogens with zero attached hydrogens (tertiary/aromatic N) is 3. The van der Waals surface area contributed by atoms with Crippen LogP contribution in [0.5, 0.6) is 5.75 Å². The molecule has 2 aromatic heterocycles. The second kappa shape index (κ2) is 18.5. The number of likely N-dealkylation sites (tertiary alicyclic amines) is 1. The standard InChI is InChI=1S/C44H53N7O6/c1-44(2,3)50-42(55)38-23-30-15-7-8-16-31(30)26-51(38)27-33(43(56)57-32-17-11-21-46-25-32)36(22-28-12-5-4-6-13-28)48-41(54)37(24-39(45)52)49-40(53)35-20-19-29-14-9-10-18-34(29)47-35/h4-6,9-14,17-21,25,30-31,33,36-38H,7-8,15-16,22-24,26-27H2,1-3H3,(H2,45,52)(H,48,54)(H,49,53)(H,50,55)/t30-,31+,33+,36-,37-,38-/m0/s1.